The highest BCUT2D eigenvalue weighted by Crippen LogP contribution is 2.26. The molecular weight excluding hydrogens is 332 g/mol. The van der Waals surface area contributed by atoms with Gasteiger partial charge in [0.25, 0.3) is 0 Å². The highest BCUT2D eigenvalue weighted by molar-refractivity contribution is 9.11. The molecule has 1 aromatic rings. The van der Waals surface area contributed by atoms with Crippen LogP contribution >= 0.6 is 27.3 Å². The molecule has 1 atom stereocenters. The molecule has 0 radical (unpaired) electrons. The molecule has 0 saturated heterocycles. The van der Waals surface area contributed by atoms with E-state index in [2.05, 4.69) is 65.4 Å². The van der Waals surface area contributed by atoms with Crippen molar-refractivity contribution in [2.24, 2.45) is 5.41 Å². The van der Waals surface area contributed by atoms with Gasteiger partial charge < -0.3 is 10.2 Å². The average molecular weight is 361 g/mol. The van der Waals surface area contributed by atoms with E-state index in [4.69, 9.17) is 0 Å². The molecule has 0 amide bonds. The Labute approximate surface area is 137 Å². The number of rotatable bonds is 10. The van der Waals surface area contributed by atoms with Crippen molar-refractivity contribution in [1.82, 2.24) is 10.2 Å². The Balaban J connectivity index is 2.50. The minimum absolute atomic E-state index is 0.367. The molecule has 1 aromatic heterocycles. The first-order chi connectivity index (χ1) is 9.49. The van der Waals surface area contributed by atoms with Crippen molar-refractivity contribution in [2.75, 3.05) is 26.7 Å². The molecule has 1 heterocycles. The molecule has 1 unspecified atom stereocenters. The fourth-order valence-electron chi connectivity index (χ4n) is 2.84. The standard InChI is InChI=1S/C16H29BrN2S/c1-5-7-16(3,12-18-8-6-2)13-19(4)10-14-9-15(17)20-11-14/h9,11,18H,5-8,10,12-13H2,1-4H3. The summed E-state index contributed by atoms with van der Waals surface area (Å²) < 4.78 is 1.22. The molecule has 0 bridgehead atoms. The molecule has 20 heavy (non-hydrogen) atoms. The van der Waals surface area contributed by atoms with E-state index in [1.807, 2.05) is 0 Å². The highest BCUT2D eigenvalue weighted by atomic mass is 79.9. The summed E-state index contributed by atoms with van der Waals surface area (Å²) in [6.07, 6.45) is 3.74. The Morgan fingerprint density at radius 1 is 1.35 bits per heavy atom. The monoisotopic (exact) mass is 360 g/mol. The van der Waals surface area contributed by atoms with Gasteiger partial charge in [-0.25, -0.2) is 0 Å². The summed E-state index contributed by atoms with van der Waals surface area (Å²) in [7, 11) is 2.24. The van der Waals surface area contributed by atoms with Gasteiger partial charge in [-0.2, -0.15) is 0 Å². The fraction of sp³-hybridized carbons (Fsp3) is 0.750. The summed E-state index contributed by atoms with van der Waals surface area (Å²) in [4.78, 5) is 2.46. The van der Waals surface area contributed by atoms with E-state index in [0.29, 0.717) is 5.41 Å². The second-order valence-electron chi connectivity index (χ2n) is 6.17. The van der Waals surface area contributed by atoms with Crippen LogP contribution in [0.15, 0.2) is 15.2 Å². The van der Waals surface area contributed by atoms with Crippen LogP contribution in [0.5, 0.6) is 0 Å². The Morgan fingerprint density at radius 2 is 2.10 bits per heavy atom. The topological polar surface area (TPSA) is 15.3 Å². The third-order valence-electron chi connectivity index (χ3n) is 3.56. The molecule has 0 aliphatic rings. The van der Waals surface area contributed by atoms with E-state index in [0.717, 1.165) is 26.2 Å². The third kappa shape index (κ3) is 6.70. The first-order valence-corrected chi connectivity index (χ1v) is 9.28. The predicted octanol–water partition coefficient (Wildman–Crippen LogP) is 4.75. The first-order valence-electron chi connectivity index (χ1n) is 7.61. The van der Waals surface area contributed by atoms with Gasteiger partial charge in [-0.15, -0.1) is 11.3 Å². The van der Waals surface area contributed by atoms with E-state index in [1.165, 1.54) is 28.6 Å². The predicted molar refractivity (Wildman–Crippen MR) is 94.5 cm³/mol. The molecule has 2 nitrogen and oxygen atoms in total. The van der Waals surface area contributed by atoms with Crippen molar-refractivity contribution < 1.29 is 0 Å². The Bertz CT molecular complexity index is 380. The number of nitrogens with one attached hydrogen (secondary N) is 1. The van der Waals surface area contributed by atoms with Gasteiger partial charge in [0.05, 0.1) is 3.79 Å². The second-order valence-corrected chi connectivity index (χ2v) is 8.46. The van der Waals surface area contributed by atoms with Crippen molar-refractivity contribution in [1.29, 1.82) is 0 Å². The van der Waals surface area contributed by atoms with Gasteiger partial charge in [0.15, 0.2) is 0 Å². The SMILES string of the molecule is CCCNCC(C)(CCC)CN(C)Cc1csc(Br)c1. The molecule has 4 heteroatoms. The molecule has 0 aromatic carbocycles. The third-order valence-corrected chi connectivity index (χ3v) is 5.11. The lowest BCUT2D eigenvalue weighted by molar-refractivity contribution is 0.168. The summed E-state index contributed by atoms with van der Waals surface area (Å²) in [5.74, 6) is 0. The molecule has 0 aliphatic heterocycles. The van der Waals surface area contributed by atoms with Gasteiger partial charge in [0, 0.05) is 19.6 Å². The molecule has 116 valence electrons. The quantitative estimate of drug-likeness (QED) is 0.605. The minimum atomic E-state index is 0.367. The van der Waals surface area contributed by atoms with Crippen LogP contribution in [0.2, 0.25) is 0 Å². The van der Waals surface area contributed by atoms with Gasteiger partial charge in [0.1, 0.15) is 0 Å². The fourth-order valence-corrected chi connectivity index (χ4v) is 4.04. The zero-order valence-corrected chi connectivity index (χ0v) is 15.7. The summed E-state index contributed by atoms with van der Waals surface area (Å²) in [6, 6.07) is 2.23. The van der Waals surface area contributed by atoms with Crippen LogP contribution in [-0.4, -0.2) is 31.6 Å². The maximum Gasteiger partial charge on any atom is 0.0701 e. The second kappa shape index (κ2) is 9.19. The van der Waals surface area contributed by atoms with Crippen LogP contribution in [0, 0.1) is 5.41 Å². The molecule has 0 fully saturated rings. The van der Waals surface area contributed by atoms with Crippen LogP contribution in [0.25, 0.3) is 0 Å². The summed E-state index contributed by atoms with van der Waals surface area (Å²) in [6.45, 7) is 11.4. The maximum absolute atomic E-state index is 3.60. The van der Waals surface area contributed by atoms with Gasteiger partial charge in [0.2, 0.25) is 0 Å². The molecule has 0 spiro atoms. The van der Waals surface area contributed by atoms with Crippen molar-refractivity contribution in [3.8, 4) is 0 Å². The van der Waals surface area contributed by atoms with Crippen LogP contribution < -0.4 is 5.32 Å². The van der Waals surface area contributed by atoms with Gasteiger partial charge in [-0.3, -0.25) is 0 Å². The minimum Gasteiger partial charge on any atom is -0.316 e. The number of nitrogens with zero attached hydrogens (tertiary/aromatic N) is 1. The molecule has 0 aliphatic carbocycles. The summed E-state index contributed by atoms with van der Waals surface area (Å²) in [5.41, 5.74) is 1.77. The average Bonchev–Trinajstić information content (AvgIpc) is 2.74. The zero-order chi connectivity index (χ0) is 15.0. The van der Waals surface area contributed by atoms with E-state index in [9.17, 15) is 0 Å². The van der Waals surface area contributed by atoms with Gasteiger partial charge >= 0.3 is 0 Å². The maximum atomic E-state index is 3.60. The molecule has 0 saturated carbocycles. The van der Waals surface area contributed by atoms with E-state index < -0.39 is 0 Å². The Morgan fingerprint density at radius 3 is 2.65 bits per heavy atom. The van der Waals surface area contributed by atoms with E-state index in [-0.39, 0.29) is 0 Å². The van der Waals surface area contributed by atoms with Crippen molar-refractivity contribution in [3.05, 3.63) is 20.8 Å². The normalized spacial score (nSPS) is 14.7. The summed E-state index contributed by atoms with van der Waals surface area (Å²) in [5, 5.41) is 5.84. The lowest BCUT2D eigenvalue weighted by Crippen LogP contribution is -2.41. The largest absolute Gasteiger partial charge is 0.316 e. The lowest BCUT2D eigenvalue weighted by Gasteiger charge is -2.34. The molecule has 1 N–H and O–H groups in total. The molecular formula is C16H29BrN2S. The number of hydrogen-bond donors (Lipinski definition) is 1. The first kappa shape index (κ1) is 18.1. The summed E-state index contributed by atoms with van der Waals surface area (Å²) >= 11 is 5.31. The van der Waals surface area contributed by atoms with Gasteiger partial charge in [-0.05, 0) is 64.8 Å². The van der Waals surface area contributed by atoms with Crippen molar-refractivity contribution in [3.63, 3.8) is 0 Å². The Kier molecular flexibility index (Phi) is 8.34. The highest BCUT2D eigenvalue weighted by Gasteiger charge is 2.24. The van der Waals surface area contributed by atoms with Crippen LogP contribution in [0.3, 0.4) is 0 Å². The number of halogens is 1. The lowest BCUT2D eigenvalue weighted by atomic mass is 9.84. The number of hydrogen-bond acceptors (Lipinski definition) is 3. The number of thiophene rings is 1. The zero-order valence-electron chi connectivity index (χ0n) is 13.3. The van der Waals surface area contributed by atoms with Crippen LogP contribution in [0.1, 0.15) is 45.6 Å². The van der Waals surface area contributed by atoms with Crippen molar-refractivity contribution >= 4 is 27.3 Å². The van der Waals surface area contributed by atoms with Crippen molar-refractivity contribution in [2.45, 2.75) is 46.6 Å². The van der Waals surface area contributed by atoms with E-state index >= 15 is 0 Å². The molecule has 1 rings (SSSR count). The smallest absolute Gasteiger partial charge is 0.0701 e. The Hall–Kier alpha value is 0.100. The van der Waals surface area contributed by atoms with Gasteiger partial charge in [-0.1, -0.05) is 27.2 Å². The van der Waals surface area contributed by atoms with Crippen LogP contribution in [-0.2, 0) is 6.54 Å². The van der Waals surface area contributed by atoms with Crippen LogP contribution in [0.4, 0.5) is 0 Å². The van der Waals surface area contributed by atoms with E-state index in [1.54, 1.807) is 11.3 Å².